The molecular weight excluding hydrogens is 340 g/mol. The molecule has 0 radical (unpaired) electrons. The van der Waals surface area contributed by atoms with Gasteiger partial charge in [0.1, 0.15) is 5.75 Å². The van der Waals surface area contributed by atoms with Crippen LogP contribution in [0.3, 0.4) is 0 Å². The van der Waals surface area contributed by atoms with Crippen LogP contribution in [0.25, 0.3) is 0 Å². The van der Waals surface area contributed by atoms with Crippen molar-refractivity contribution < 1.29 is 14.3 Å². The van der Waals surface area contributed by atoms with Gasteiger partial charge in [0.2, 0.25) is 11.8 Å². The van der Waals surface area contributed by atoms with Crippen LogP contribution >= 0.6 is 0 Å². The minimum atomic E-state index is -0.292. The normalized spacial score (nSPS) is 16.4. The van der Waals surface area contributed by atoms with Crippen LogP contribution < -0.4 is 15.0 Å². The third kappa shape index (κ3) is 4.67. The largest absolute Gasteiger partial charge is 0.497 e. The molecule has 2 amide bonds. The van der Waals surface area contributed by atoms with Crippen LogP contribution in [-0.4, -0.2) is 32.0 Å². The summed E-state index contributed by atoms with van der Waals surface area (Å²) in [4.78, 5) is 26.5. The van der Waals surface area contributed by atoms with Gasteiger partial charge >= 0.3 is 0 Å². The Morgan fingerprint density at radius 1 is 1.11 bits per heavy atom. The molecule has 1 aliphatic rings. The van der Waals surface area contributed by atoms with E-state index in [2.05, 4.69) is 12.2 Å². The Hall–Kier alpha value is -2.82. The number of nitrogens with zero attached hydrogens (tertiary/aromatic N) is 1. The van der Waals surface area contributed by atoms with Gasteiger partial charge in [0, 0.05) is 25.2 Å². The Labute approximate surface area is 160 Å². The maximum absolute atomic E-state index is 12.4. The average molecular weight is 366 g/mol. The fourth-order valence-electron chi connectivity index (χ4n) is 3.31. The first-order valence-corrected chi connectivity index (χ1v) is 9.40. The van der Waals surface area contributed by atoms with E-state index in [0.29, 0.717) is 13.1 Å². The number of hydrogen-bond donors (Lipinski definition) is 1. The first-order chi connectivity index (χ1) is 13.1. The smallest absolute Gasteiger partial charge is 0.227 e. The lowest BCUT2D eigenvalue weighted by atomic mass is 10.1. The van der Waals surface area contributed by atoms with Gasteiger partial charge in [-0.25, -0.2) is 0 Å². The number of nitrogens with one attached hydrogen (secondary N) is 1. The summed E-state index contributed by atoms with van der Waals surface area (Å²) < 4.78 is 5.14. The summed E-state index contributed by atoms with van der Waals surface area (Å²) in [5.74, 6) is 0.484. The van der Waals surface area contributed by atoms with Crippen molar-refractivity contribution in [1.29, 1.82) is 0 Å². The van der Waals surface area contributed by atoms with E-state index >= 15 is 0 Å². The highest BCUT2D eigenvalue weighted by atomic mass is 16.5. The standard InChI is InChI=1S/C22H26N2O3/c1-3-16-4-8-19(9-5-16)24-15-18(14-21(24)25)22(26)23-13-12-17-6-10-20(27-2)11-7-17/h4-11,18H,3,12-15H2,1-2H3,(H,23,26). The Kier molecular flexibility index (Phi) is 6.12. The topological polar surface area (TPSA) is 58.6 Å². The number of anilines is 1. The molecule has 1 fully saturated rings. The number of methoxy groups -OCH3 is 1. The Morgan fingerprint density at radius 2 is 1.78 bits per heavy atom. The maximum atomic E-state index is 12.4. The van der Waals surface area contributed by atoms with Crippen molar-refractivity contribution in [3.05, 3.63) is 59.7 Å². The highest BCUT2D eigenvalue weighted by Crippen LogP contribution is 2.25. The van der Waals surface area contributed by atoms with Crippen LogP contribution in [0.15, 0.2) is 48.5 Å². The highest BCUT2D eigenvalue weighted by molar-refractivity contribution is 6.00. The Balaban J connectivity index is 1.50. The molecule has 142 valence electrons. The second-order valence-corrected chi connectivity index (χ2v) is 6.81. The molecule has 1 heterocycles. The molecule has 2 aromatic rings. The van der Waals surface area contributed by atoms with Crippen molar-refractivity contribution in [1.82, 2.24) is 5.32 Å². The third-order valence-corrected chi connectivity index (χ3v) is 5.02. The van der Waals surface area contributed by atoms with Gasteiger partial charge in [-0.15, -0.1) is 0 Å². The molecule has 2 aromatic carbocycles. The Bertz CT molecular complexity index is 784. The zero-order valence-electron chi connectivity index (χ0n) is 15.9. The molecule has 1 N–H and O–H groups in total. The van der Waals surface area contributed by atoms with Crippen LogP contribution in [0.5, 0.6) is 5.75 Å². The lowest BCUT2D eigenvalue weighted by Gasteiger charge is -2.17. The van der Waals surface area contributed by atoms with E-state index in [1.165, 1.54) is 5.56 Å². The summed E-state index contributed by atoms with van der Waals surface area (Å²) in [6, 6.07) is 15.8. The zero-order chi connectivity index (χ0) is 19.2. The minimum Gasteiger partial charge on any atom is -0.497 e. The van der Waals surface area contributed by atoms with E-state index < -0.39 is 0 Å². The summed E-state index contributed by atoms with van der Waals surface area (Å²) in [6.07, 6.45) is 1.98. The molecule has 0 aromatic heterocycles. The SMILES string of the molecule is CCc1ccc(N2CC(C(=O)NCCc3ccc(OC)cc3)CC2=O)cc1. The predicted octanol–water partition coefficient (Wildman–Crippen LogP) is 2.97. The van der Waals surface area contributed by atoms with E-state index in [0.717, 1.165) is 29.8 Å². The number of carbonyl (C=O) groups is 2. The zero-order valence-corrected chi connectivity index (χ0v) is 15.9. The van der Waals surface area contributed by atoms with Gasteiger partial charge in [0.25, 0.3) is 0 Å². The molecule has 5 heteroatoms. The van der Waals surface area contributed by atoms with E-state index in [4.69, 9.17) is 4.74 Å². The number of carbonyl (C=O) groups excluding carboxylic acids is 2. The predicted molar refractivity (Wildman–Crippen MR) is 106 cm³/mol. The second kappa shape index (κ2) is 8.71. The molecule has 1 unspecified atom stereocenters. The van der Waals surface area contributed by atoms with Crippen molar-refractivity contribution in [2.24, 2.45) is 5.92 Å². The van der Waals surface area contributed by atoms with Crippen LogP contribution in [0.4, 0.5) is 5.69 Å². The number of rotatable bonds is 7. The van der Waals surface area contributed by atoms with Gasteiger partial charge in [-0.3, -0.25) is 9.59 Å². The van der Waals surface area contributed by atoms with Gasteiger partial charge in [-0.1, -0.05) is 31.2 Å². The monoisotopic (exact) mass is 366 g/mol. The van der Waals surface area contributed by atoms with Crippen molar-refractivity contribution in [2.45, 2.75) is 26.2 Å². The molecule has 0 bridgehead atoms. The van der Waals surface area contributed by atoms with E-state index in [-0.39, 0.29) is 24.2 Å². The number of amides is 2. The van der Waals surface area contributed by atoms with E-state index in [9.17, 15) is 9.59 Å². The summed E-state index contributed by atoms with van der Waals surface area (Å²) in [6.45, 7) is 3.10. The average Bonchev–Trinajstić information content (AvgIpc) is 3.10. The fraction of sp³-hybridized carbons (Fsp3) is 0.364. The molecule has 0 aliphatic carbocycles. The Morgan fingerprint density at radius 3 is 2.41 bits per heavy atom. The lowest BCUT2D eigenvalue weighted by molar-refractivity contribution is -0.126. The number of hydrogen-bond acceptors (Lipinski definition) is 3. The molecule has 3 rings (SSSR count). The molecule has 5 nitrogen and oxygen atoms in total. The summed E-state index contributed by atoms with van der Waals surface area (Å²) in [5, 5.41) is 2.96. The van der Waals surface area contributed by atoms with Gasteiger partial charge in [0.05, 0.1) is 13.0 Å². The maximum Gasteiger partial charge on any atom is 0.227 e. The fourth-order valence-corrected chi connectivity index (χ4v) is 3.31. The number of ether oxygens (including phenoxy) is 1. The third-order valence-electron chi connectivity index (χ3n) is 5.02. The highest BCUT2D eigenvalue weighted by Gasteiger charge is 2.34. The van der Waals surface area contributed by atoms with Crippen molar-refractivity contribution in [3.63, 3.8) is 0 Å². The van der Waals surface area contributed by atoms with Gasteiger partial charge in [-0.2, -0.15) is 0 Å². The quantitative estimate of drug-likeness (QED) is 0.820. The van der Waals surface area contributed by atoms with Crippen LogP contribution in [-0.2, 0) is 22.4 Å². The van der Waals surface area contributed by atoms with E-state index in [1.807, 2.05) is 48.5 Å². The van der Waals surface area contributed by atoms with Crippen LogP contribution in [0.1, 0.15) is 24.5 Å². The lowest BCUT2D eigenvalue weighted by Crippen LogP contribution is -2.34. The van der Waals surface area contributed by atoms with Crippen molar-refractivity contribution in [3.8, 4) is 5.75 Å². The molecule has 1 atom stereocenters. The van der Waals surface area contributed by atoms with Crippen molar-refractivity contribution in [2.75, 3.05) is 25.1 Å². The summed E-state index contributed by atoms with van der Waals surface area (Å²) >= 11 is 0. The number of aryl methyl sites for hydroxylation is 1. The molecule has 1 saturated heterocycles. The van der Waals surface area contributed by atoms with Gasteiger partial charge in [-0.05, 0) is 48.2 Å². The van der Waals surface area contributed by atoms with Crippen LogP contribution in [0.2, 0.25) is 0 Å². The first kappa shape index (κ1) is 19.0. The summed E-state index contributed by atoms with van der Waals surface area (Å²) in [5.41, 5.74) is 3.24. The molecular formula is C22H26N2O3. The molecule has 0 saturated carbocycles. The summed E-state index contributed by atoms with van der Waals surface area (Å²) in [7, 11) is 1.64. The number of benzene rings is 2. The van der Waals surface area contributed by atoms with Gasteiger partial charge in [0.15, 0.2) is 0 Å². The van der Waals surface area contributed by atoms with Crippen LogP contribution in [0, 0.1) is 5.92 Å². The second-order valence-electron chi connectivity index (χ2n) is 6.81. The molecule has 1 aliphatic heterocycles. The molecule has 0 spiro atoms. The first-order valence-electron chi connectivity index (χ1n) is 9.40. The van der Waals surface area contributed by atoms with E-state index in [1.54, 1.807) is 12.0 Å². The van der Waals surface area contributed by atoms with Crippen molar-refractivity contribution >= 4 is 17.5 Å². The minimum absolute atomic E-state index is 0.00885. The van der Waals surface area contributed by atoms with Gasteiger partial charge < -0.3 is 15.0 Å². The molecule has 27 heavy (non-hydrogen) atoms.